The van der Waals surface area contributed by atoms with Gasteiger partial charge in [0.1, 0.15) is 0 Å². The van der Waals surface area contributed by atoms with Crippen molar-refractivity contribution >= 4 is 35.0 Å². The van der Waals surface area contributed by atoms with Crippen molar-refractivity contribution in [3.05, 3.63) is 40.9 Å². The summed E-state index contributed by atoms with van der Waals surface area (Å²) in [5.74, 6) is -1.77. The van der Waals surface area contributed by atoms with E-state index >= 15 is 0 Å². The summed E-state index contributed by atoms with van der Waals surface area (Å²) in [5, 5.41) is 0.199. The van der Waals surface area contributed by atoms with E-state index in [0.717, 1.165) is 4.90 Å². The summed E-state index contributed by atoms with van der Waals surface area (Å²) in [6.07, 6.45) is 4.99. The Balaban J connectivity index is 2.01. The predicted octanol–water partition coefficient (Wildman–Crippen LogP) is 1.89. The SMILES string of the molecule is NC(=O)c1cc(N2C(=O)[C@H]3CC=CC[C@@H]3C2=O)ccc1Cl. The molecule has 0 radical (unpaired) electrons. The van der Waals surface area contributed by atoms with E-state index in [4.69, 9.17) is 17.3 Å². The maximum atomic E-state index is 12.4. The molecule has 1 fully saturated rings. The van der Waals surface area contributed by atoms with Crippen molar-refractivity contribution in [2.75, 3.05) is 4.90 Å². The second-order valence-corrected chi connectivity index (χ2v) is 5.60. The molecule has 3 rings (SSSR count). The van der Waals surface area contributed by atoms with Crippen LogP contribution in [0.15, 0.2) is 30.4 Å². The van der Waals surface area contributed by atoms with Gasteiger partial charge in [-0.3, -0.25) is 19.3 Å². The molecule has 1 saturated heterocycles. The number of anilines is 1. The molecule has 21 heavy (non-hydrogen) atoms. The van der Waals surface area contributed by atoms with E-state index in [1.165, 1.54) is 12.1 Å². The number of benzene rings is 1. The van der Waals surface area contributed by atoms with Crippen LogP contribution in [0.25, 0.3) is 0 Å². The molecule has 0 spiro atoms. The number of carbonyl (C=O) groups is 3. The van der Waals surface area contributed by atoms with Gasteiger partial charge in [-0.05, 0) is 31.0 Å². The Bertz CT molecular complexity index is 657. The minimum absolute atomic E-state index is 0.0998. The lowest BCUT2D eigenvalue weighted by molar-refractivity contribution is -0.122. The zero-order chi connectivity index (χ0) is 15.1. The first kappa shape index (κ1) is 13.8. The molecule has 0 bridgehead atoms. The molecular weight excluding hydrogens is 292 g/mol. The Morgan fingerprint density at radius 3 is 2.24 bits per heavy atom. The third-order valence-corrected chi connectivity index (χ3v) is 4.31. The lowest BCUT2D eigenvalue weighted by Crippen LogP contribution is -2.31. The third kappa shape index (κ3) is 2.14. The van der Waals surface area contributed by atoms with Gasteiger partial charge in [-0.15, -0.1) is 0 Å². The summed E-state index contributed by atoms with van der Waals surface area (Å²) in [4.78, 5) is 37.4. The summed E-state index contributed by atoms with van der Waals surface area (Å²) in [5.41, 5.74) is 5.69. The van der Waals surface area contributed by atoms with Gasteiger partial charge in [0.15, 0.2) is 0 Å². The highest BCUT2D eigenvalue weighted by molar-refractivity contribution is 6.34. The molecule has 0 unspecified atom stereocenters. The Labute approximate surface area is 126 Å². The van der Waals surface area contributed by atoms with Crippen LogP contribution in [0.3, 0.4) is 0 Å². The summed E-state index contributed by atoms with van der Waals surface area (Å²) >= 11 is 5.89. The van der Waals surface area contributed by atoms with E-state index in [1.54, 1.807) is 6.07 Å². The largest absolute Gasteiger partial charge is 0.366 e. The lowest BCUT2D eigenvalue weighted by atomic mass is 9.85. The van der Waals surface area contributed by atoms with Crippen LogP contribution in [0.2, 0.25) is 5.02 Å². The van der Waals surface area contributed by atoms with Gasteiger partial charge >= 0.3 is 0 Å². The molecule has 2 N–H and O–H groups in total. The molecule has 5 nitrogen and oxygen atoms in total. The maximum absolute atomic E-state index is 12.4. The Kier molecular flexibility index (Phi) is 3.29. The van der Waals surface area contributed by atoms with Crippen molar-refractivity contribution in [3.63, 3.8) is 0 Å². The first-order chi connectivity index (χ1) is 10.0. The molecule has 108 valence electrons. The maximum Gasteiger partial charge on any atom is 0.250 e. The Morgan fingerprint density at radius 1 is 1.14 bits per heavy atom. The highest BCUT2D eigenvalue weighted by atomic mass is 35.5. The average molecular weight is 305 g/mol. The van der Waals surface area contributed by atoms with Gasteiger partial charge in [-0.1, -0.05) is 23.8 Å². The zero-order valence-corrected chi connectivity index (χ0v) is 11.8. The van der Waals surface area contributed by atoms with Gasteiger partial charge < -0.3 is 5.73 Å². The number of carbonyl (C=O) groups excluding carboxylic acids is 3. The molecule has 1 aliphatic heterocycles. The summed E-state index contributed by atoms with van der Waals surface area (Å²) < 4.78 is 0. The number of hydrogen-bond donors (Lipinski definition) is 1. The number of allylic oxidation sites excluding steroid dienone is 2. The van der Waals surface area contributed by atoms with Gasteiger partial charge in [0.2, 0.25) is 17.7 Å². The van der Waals surface area contributed by atoms with Crippen LogP contribution in [0, 0.1) is 11.8 Å². The first-order valence-corrected chi connectivity index (χ1v) is 7.00. The van der Waals surface area contributed by atoms with Crippen LogP contribution in [0.4, 0.5) is 5.69 Å². The summed E-state index contributed by atoms with van der Waals surface area (Å²) in [6, 6.07) is 4.42. The molecule has 1 aliphatic carbocycles. The van der Waals surface area contributed by atoms with Gasteiger partial charge in [0.25, 0.3) is 0 Å². The van der Waals surface area contributed by atoms with E-state index in [0.29, 0.717) is 18.5 Å². The Morgan fingerprint density at radius 2 is 1.71 bits per heavy atom. The molecule has 0 aromatic heterocycles. The molecule has 2 atom stereocenters. The van der Waals surface area contributed by atoms with Gasteiger partial charge in [-0.25, -0.2) is 0 Å². The minimum atomic E-state index is -0.694. The first-order valence-electron chi connectivity index (χ1n) is 6.63. The van der Waals surface area contributed by atoms with Gasteiger partial charge in [0.05, 0.1) is 28.1 Å². The topological polar surface area (TPSA) is 80.5 Å². The van der Waals surface area contributed by atoms with Gasteiger partial charge in [0, 0.05) is 0 Å². The smallest absolute Gasteiger partial charge is 0.250 e. The van der Waals surface area contributed by atoms with Crippen LogP contribution in [-0.4, -0.2) is 17.7 Å². The van der Waals surface area contributed by atoms with Crippen LogP contribution in [0.5, 0.6) is 0 Å². The molecular formula is C15H13ClN2O3. The predicted molar refractivity (Wildman–Crippen MR) is 77.8 cm³/mol. The van der Waals surface area contributed by atoms with Crippen molar-refractivity contribution in [2.24, 2.45) is 17.6 Å². The van der Waals surface area contributed by atoms with Crippen LogP contribution >= 0.6 is 11.6 Å². The standard InChI is InChI=1S/C15H13ClN2O3/c16-12-6-5-8(7-11(12)13(17)19)18-14(20)9-3-1-2-4-10(9)15(18)21/h1-2,5-7,9-10H,3-4H2,(H2,17,19)/t9-,10-/m0/s1. The molecule has 3 amide bonds. The van der Waals surface area contributed by atoms with Crippen molar-refractivity contribution in [1.82, 2.24) is 0 Å². The number of primary amides is 1. The van der Waals surface area contributed by atoms with E-state index in [9.17, 15) is 14.4 Å². The number of nitrogens with zero attached hydrogens (tertiary/aromatic N) is 1. The fourth-order valence-electron chi connectivity index (χ4n) is 2.90. The van der Waals surface area contributed by atoms with Crippen LogP contribution in [0.1, 0.15) is 23.2 Å². The van der Waals surface area contributed by atoms with E-state index in [-0.39, 0.29) is 34.2 Å². The van der Waals surface area contributed by atoms with Crippen LogP contribution in [-0.2, 0) is 9.59 Å². The normalized spacial score (nSPS) is 24.3. The Hall–Kier alpha value is -2.14. The molecule has 1 heterocycles. The quantitative estimate of drug-likeness (QED) is 0.669. The number of nitrogens with two attached hydrogens (primary N) is 1. The van der Waals surface area contributed by atoms with Crippen molar-refractivity contribution in [2.45, 2.75) is 12.8 Å². The number of amides is 3. The number of imide groups is 1. The number of rotatable bonds is 2. The fraction of sp³-hybridized carbons (Fsp3) is 0.267. The van der Waals surface area contributed by atoms with E-state index in [2.05, 4.69) is 0 Å². The minimum Gasteiger partial charge on any atom is -0.366 e. The third-order valence-electron chi connectivity index (χ3n) is 3.98. The molecule has 6 heteroatoms. The van der Waals surface area contributed by atoms with Gasteiger partial charge in [-0.2, -0.15) is 0 Å². The second kappa shape index (κ2) is 5.00. The highest BCUT2D eigenvalue weighted by Gasteiger charge is 2.47. The lowest BCUT2D eigenvalue weighted by Gasteiger charge is -2.16. The summed E-state index contributed by atoms with van der Waals surface area (Å²) in [6.45, 7) is 0. The summed E-state index contributed by atoms with van der Waals surface area (Å²) in [7, 11) is 0. The number of halogens is 1. The van der Waals surface area contributed by atoms with Crippen molar-refractivity contribution < 1.29 is 14.4 Å². The number of fused-ring (bicyclic) bond motifs is 1. The average Bonchev–Trinajstić information content (AvgIpc) is 2.72. The highest BCUT2D eigenvalue weighted by Crippen LogP contribution is 2.38. The molecule has 2 aliphatic rings. The van der Waals surface area contributed by atoms with E-state index in [1.807, 2.05) is 12.2 Å². The molecule has 1 aromatic carbocycles. The second-order valence-electron chi connectivity index (χ2n) is 5.20. The molecule has 0 saturated carbocycles. The van der Waals surface area contributed by atoms with E-state index < -0.39 is 5.91 Å². The monoisotopic (exact) mass is 304 g/mol. The van der Waals surface area contributed by atoms with Crippen molar-refractivity contribution in [3.8, 4) is 0 Å². The number of hydrogen-bond acceptors (Lipinski definition) is 3. The van der Waals surface area contributed by atoms with Crippen molar-refractivity contribution in [1.29, 1.82) is 0 Å². The fourth-order valence-corrected chi connectivity index (χ4v) is 3.11. The van der Waals surface area contributed by atoms with Crippen LogP contribution < -0.4 is 10.6 Å². The molecule has 1 aromatic rings. The zero-order valence-electron chi connectivity index (χ0n) is 11.1.